The zero-order chi connectivity index (χ0) is 21.0. The summed E-state index contributed by atoms with van der Waals surface area (Å²) in [6, 6.07) is 7.18. The van der Waals surface area contributed by atoms with E-state index in [-0.39, 0.29) is 6.09 Å². The van der Waals surface area contributed by atoms with Gasteiger partial charge in [0.1, 0.15) is 11.4 Å². The van der Waals surface area contributed by atoms with Crippen LogP contribution in [0.1, 0.15) is 58.6 Å². The topological polar surface area (TPSA) is 42.0 Å². The summed E-state index contributed by atoms with van der Waals surface area (Å²) in [6.07, 6.45) is 4.04. The Morgan fingerprint density at radius 2 is 2.03 bits per heavy atom. The zero-order valence-electron chi connectivity index (χ0n) is 18.9. The maximum Gasteiger partial charge on any atom is 0.410 e. The second-order valence-corrected chi connectivity index (χ2v) is 9.59. The van der Waals surface area contributed by atoms with Gasteiger partial charge in [0.15, 0.2) is 0 Å². The monoisotopic (exact) mass is 402 g/mol. The van der Waals surface area contributed by atoms with Crippen molar-refractivity contribution in [3.05, 3.63) is 29.3 Å². The third kappa shape index (κ3) is 6.11. The van der Waals surface area contributed by atoms with Crippen LogP contribution >= 0.6 is 0 Å². The van der Waals surface area contributed by atoms with Gasteiger partial charge in [0, 0.05) is 32.1 Å². The quantitative estimate of drug-likeness (QED) is 0.701. The second kappa shape index (κ2) is 9.38. The summed E-state index contributed by atoms with van der Waals surface area (Å²) in [5, 5.41) is 0. The number of amides is 1. The van der Waals surface area contributed by atoms with E-state index in [2.05, 4.69) is 36.9 Å². The van der Waals surface area contributed by atoms with Gasteiger partial charge in [-0.1, -0.05) is 19.1 Å². The Morgan fingerprint density at radius 1 is 1.31 bits per heavy atom. The molecule has 1 aromatic rings. The molecular formula is C24H38N2O3. The van der Waals surface area contributed by atoms with E-state index in [0.29, 0.717) is 12.0 Å². The van der Waals surface area contributed by atoms with Crippen LogP contribution in [0.15, 0.2) is 18.2 Å². The molecule has 0 saturated carbocycles. The summed E-state index contributed by atoms with van der Waals surface area (Å²) in [6.45, 7) is 14.9. The van der Waals surface area contributed by atoms with E-state index in [0.717, 1.165) is 64.2 Å². The first-order valence-corrected chi connectivity index (χ1v) is 11.2. The van der Waals surface area contributed by atoms with Gasteiger partial charge in [0.25, 0.3) is 0 Å². The summed E-state index contributed by atoms with van der Waals surface area (Å²) in [5.41, 5.74) is 2.33. The number of hydrogen-bond acceptors (Lipinski definition) is 4. The van der Waals surface area contributed by atoms with Gasteiger partial charge in [-0.05, 0) is 76.6 Å². The number of rotatable bonds is 6. The molecule has 1 atom stereocenters. The molecule has 1 aromatic carbocycles. The maximum atomic E-state index is 12.3. The third-order valence-corrected chi connectivity index (χ3v) is 6.07. The minimum atomic E-state index is -0.425. The van der Waals surface area contributed by atoms with Crippen molar-refractivity contribution < 1.29 is 14.3 Å². The lowest BCUT2D eigenvalue weighted by Gasteiger charge is -2.37. The Labute approximate surface area is 176 Å². The van der Waals surface area contributed by atoms with E-state index in [9.17, 15) is 4.79 Å². The van der Waals surface area contributed by atoms with Crippen LogP contribution in [0.3, 0.4) is 0 Å². The summed E-state index contributed by atoms with van der Waals surface area (Å²) < 4.78 is 11.2. The van der Waals surface area contributed by atoms with E-state index in [1.54, 1.807) is 0 Å². The minimum absolute atomic E-state index is 0.169. The number of likely N-dealkylation sites (N-methyl/N-ethyl adjacent to an activating group) is 1. The molecule has 1 amide bonds. The molecule has 0 N–H and O–H groups in total. The number of carbonyl (C=O) groups excluding carboxylic acids is 1. The fraction of sp³-hybridized carbons (Fsp3) is 0.708. The lowest BCUT2D eigenvalue weighted by molar-refractivity contribution is 0.0164. The molecule has 162 valence electrons. The van der Waals surface area contributed by atoms with Gasteiger partial charge >= 0.3 is 6.09 Å². The van der Waals surface area contributed by atoms with Crippen LogP contribution in [0.2, 0.25) is 0 Å². The SMILES string of the molecule is CCN(CC1CCN(C(=O)OC(C)(C)C)CC1)[C@@H](C)Cc1ccc2c(c1)CCO2. The van der Waals surface area contributed by atoms with Crippen LogP contribution in [-0.2, 0) is 17.6 Å². The van der Waals surface area contributed by atoms with Gasteiger partial charge in [-0.25, -0.2) is 4.79 Å². The first kappa shape index (κ1) is 21.9. The number of piperidine rings is 1. The Morgan fingerprint density at radius 3 is 2.69 bits per heavy atom. The Balaban J connectivity index is 1.48. The predicted octanol–water partition coefficient (Wildman–Crippen LogP) is 4.52. The van der Waals surface area contributed by atoms with Crippen molar-refractivity contribution in [2.75, 3.05) is 32.8 Å². The van der Waals surface area contributed by atoms with Gasteiger partial charge in [0.05, 0.1) is 6.61 Å². The second-order valence-electron chi connectivity index (χ2n) is 9.59. The molecule has 2 heterocycles. The van der Waals surface area contributed by atoms with E-state index in [1.807, 2.05) is 25.7 Å². The lowest BCUT2D eigenvalue weighted by atomic mass is 9.95. The van der Waals surface area contributed by atoms with Crippen molar-refractivity contribution >= 4 is 6.09 Å². The highest BCUT2D eigenvalue weighted by atomic mass is 16.6. The predicted molar refractivity (Wildman–Crippen MR) is 117 cm³/mol. The van der Waals surface area contributed by atoms with Crippen LogP contribution in [-0.4, -0.2) is 60.3 Å². The molecule has 29 heavy (non-hydrogen) atoms. The molecule has 0 radical (unpaired) electrons. The first-order chi connectivity index (χ1) is 13.7. The van der Waals surface area contributed by atoms with Crippen molar-refractivity contribution in [2.24, 2.45) is 5.92 Å². The fourth-order valence-electron chi connectivity index (χ4n) is 4.41. The van der Waals surface area contributed by atoms with Crippen molar-refractivity contribution in [3.63, 3.8) is 0 Å². The van der Waals surface area contributed by atoms with Crippen molar-refractivity contribution in [1.82, 2.24) is 9.80 Å². The lowest BCUT2D eigenvalue weighted by Crippen LogP contribution is -2.45. The van der Waals surface area contributed by atoms with Crippen molar-refractivity contribution in [1.29, 1.82) is 0 Å². The molecular weight excluding hydrogens is 364 g/mol. The Hall–Kier alpha value is -1.75. The van der Waals surface area contributed by atoms with Crippen LogP contribution in [0.25, 0.3) is 0 Å². The smallest absolute Gasteiger partial charge is 0.410 e. The highest BCUT2D eigenvalue weighted by Crippen LogP contribution is 2.27. The third-order valence-electron chi connectivity index (χ3n) is 6.07. The van der Waals surface area contributed by atoms with E-state index in [1.165, 1.54) is 11.1 Å². The summed E-state index contributed by atoms with van der Waals surface area (Å²) in [4.78, 5) is 16.7. The molecule has 1 saturated heterocycles. The number of fused-ring (bicyclic) bond motifs is 1. The average molecular weight is 403 g/mol. The molecule has 0 aromatic heterocycles. The van der Waals surface area contributed by atoms with Crippen LogP contribution in [0.4, 0.5) is 4.79 Å². The first-order valence-electron chi connectivity index (χ1n) is 11.2. The molecule has 5 nitrogen and oxygen atoms in total. The van der Waals surface area contributed by atoms with E-state index < -0.39 is 5.60 Å². The fourth-order valence-corrected chi connectivity index (χ4v) is 4.41. The largest absolute Gasteiger partial charge is 0.493 e. The minimum Gasteiger partial charge on any atom is -0.493 e. The van der Waals surface area contributed by atoms with Crippen molar-refractivity contribution in [2.45, 2.75) is 71.9 Å². The molecule has 0 aliphatic carbocycles. The average Bonchev–Trinajstić information content (AvgIpc) is 3.13. The highest BCUT2D eigenvalue weighted by Gasteiger charge is 2.28. The highest BCUT2D eigenvalue weighted by molar-refractivity contribution is 5.68. The normalized spacial score (nSPS) is 18.5. The summed E-state index contributed by atoms with van der Waals surface area (Å²) in [5.74, 6) is 1.70. The molecule has 2 aliphatic rings. The molecule has 2 aliphatic heterocycles. The molecule has 5 heteroatoms. The van der Waals surface area contributed by atoms with Gasteiger partial charge in [-0.2, -0.15) is 0 Å². The van der Waals surface area contributed by atoms with E-state index >= 15 is 0 Å². The molecule has 3 rings (SSSR count). The maximum absolute atomic E-state index is 12.3. The van der Waals surface area contributed by atoms with Crippen LogP contribution in [0.5, 0.6) is 5.75 Å². The molecule has 0 unspecified atom stereocenters. The molecule has 1 fully saturated rings. The van der Waals surface area contributed by atoms with Crippen molar-refractivity contribution in [3.8, 4) is 5.75 Å². The summed E-state index contributed by atoms with van der Waals surface area (Å²) >= 11 is 0. The molecule has 0 bridgehead atoms. The standard InChI is InChI=1S/C24H38N2O3/c1-6-25(18(2)15-20-7-8-22-21(16-20)11-14-28-22)17-19-9-12-26(13-10-19)23(27)29-24(3,4)5/h7-8,16,18-19H,6,9-15,17H2,1-5H3/t18-/m0/s1. The zero-order valence-corrected chi connectivity index (χ0v) is 18.9. The van der Waals surface area contributed by atoms with Gasteiger partial charge in [-0.3, -0.25) is 0 Å². The van der Waals surface area contributed by atoms with Gasteiger partial charge in [-0.15, -0.1) is 0 Å². The van der Waals surface area contributed by atoms with E-state index in [4.69, 9.17) is 9.47 Å². The number of carbonyl (C=O) groups is 1. The van der Waals surface area contributed by atoms with Crippen LogP contribution < -0.4 is 4.74 Å². The van der Waals surface area contributed by atoms with Gasteiger partial charge in [0.2, 0.25) is 0 Å². The molecule has 0 spiro atoms. The number of benzene rings is 1. The number of likely N-dealkylation sites (tertiary alicyclic amines) is 1. The van der Waals surface area contributed by atoms with Gasteiger partial charge < -0.3 is 19.3 Å². The van der Waals surface area contributed by atoms with Crippen LogP contribution in [0, 0.1) is 5.92 Å². The Bertz CT molecular complexity index is 690. The number of hydrogen-bond donors (Lipinski definition) is 0. The number of ether oxygens (including phenoxy) is 2. The Kier molecular flexibility index (Phi) is 7.10. The number of nitrogens with zero attached hydrogens (tertiary/aromatic N) is 2. The summed E-state index contributed by atoms with van der Waals surface area (Å²) in [7, 11) is 0.